The molecule has 0 saturated carbocycles. The molecular weight excluding hydrogens is 337 g/mol. The van der Waals surface area contributed by atoms with Gasteiger partial charge in [-0.25, -0.2) is 4.98 Å². The Morgan fingerprint density at radius 3 is 2.78 bits per heavy atom. The summed E-state index contributed by atoms with van der Waals surface area (Å²) in [6.45, 7) is 5.14. The molecule has 0 unspecified atom stereocenters. The van der Waals surface area contributed by atoms with E-state index in [1.807, 2.05) is 0 Å². The minimum atomic E-state index is -0.215. The molecule has 2 rings (SSSR count). The second kappa shape index (κ2) is 8.17. The molecule has 0 aliphatic heterocycles. The van der Waals surface area contributed by atoms with Gasteiger partial charge in [0.2, 0.25) is 0 Å². The number of aromatic nitrogens is 3. The summed E-state index contributed by atoms with van der Waals surface area (Å²) in [4.78, 5) is 16.1. The van der Waals surface area contributed by atoms with Crippen LogP contribution in [0.5, 0.6) is 0 Å². The molecule has 2 aromatic rings. The minimum Gasteiger partial charge on any atom is -0.367 e. The van der Waals surface area contributed by atoms with E-state index in [-0.39, 0.29) is 5.91 Å². The van der Waals surface area contributed by atoms with Crippen LogP contribution in [0.1, 0.15) is 30.0 Å². The Labute approximate surface area is 145 Å². The molecule has 2 aromatic heterocycles. The fourth-order valence-corrected chi connectivity index (χ4v) is 2.46. The first-order valence-electron chi connectivity index (χ1n) is 7.33. The molecule has 0 bridgehead atoms. The van der Waals surface area contributed by atoms with Crippen LogP contribution in [0.4, 0.5) is 5.82 Å². The van der Waals surface area contributed by atoms with Gasteiger partial charge in [0.05, 0.1) is 10.0 Å². The van der Waals surface area contributed by atoms with Crippen LogP contribution in [0, 0.1) is 5.92 Å². The zero-order chi connectivity index (χ0) is 16.8. The van der Waals surface area contributed by atoms with Crippen LogP contribution in [0.15, 0.2) is 18.3 Å². The molecule has 3 N–H and O–H groups in total. The van der Waals surface area contributed by atoms with Gasteiger partial charge in [0, 0.05) is 25.0 Å². The molecule has 0 aromatic carbocycles. The quantitative estimate of drug-likeness (QED) is 0.666. The molecule has 0 aliphatic carbocycles. The van der Waals surface area contributed by atoms with Crippen LogP contribution in [-0.4, -0.2) is 34.2 Å². The van der Waals surface area contributed by atoms with Crippen molar-refractivity contribution in [1.29, 1.82) is 0 Å². The number of hydrogen-bond donors (Lipinski definition) is 3. The molecule has 8 heteroatoms. The predicted molar refractivity (Wildman–Crippen MR) is 92.2 cm³/mol. The number of amides is 1. The van der Waals surface area contributed by atoms with Crippen molar-refractivity contribution in [2.24, 2.45) is 5.92 Å². The molecular formula is C15H19Cl2N5O. The maximum atomic E-state index is 12.0. The second-order valence-corrected chi connectivity index (χ2v) is 6.39. The van der Waals surface area contributed by atoms with Crippen molar-refractivity contribution in [3.8, 4) is 0 Å². The van der Waals surface area contributed by atoms with Crippen LogP contribution >= 0.6 is 23.2 Å². The Morgan fingerprint density at radius 2 is 2.09 bits per heavy atom. The van der Waals surface area contributed by atoms with Gasteiger partial charge in [0.25, 0.3) is 5.91 Å². The summed E-state index contributed by atoms with van der Waals surface area (Å²) in [5.74, 6) is 0.824. The monoisotopic (exact) mass is 355 g/mol. The van der Waals surface area contributed by atoms with Gasteiger partial charge in [0.15, 0.2) is 0 Å². The Balaban J connectivity index is 1.77. The Hall–Kier alpha value is -1.79. The fourth-order valence-electron chi connectivity index (χ4n) is 2.01. The lowest BCUT2D eigenvalue weighted by Gasteiger charge is -2.08. The number of anilines is 1. The first-order chi connectivity index (χ1) is 11.0. The number of nitrogens with one attached hydrogen (secondary N) is 3. The van der Waals surface area contributed by atoms with Crippen molar-refractivity contribution >= 4 is 34.9 Å². The van der Waals surface area contributed by atoms with E-state index in [0.717, 1.165) is 12.1 Å². The Morgan fingerprint density at radius 1 is 1.30 bits per heavy atom. The van der Waals surface area contributed by atoms with Gasteiger partial charge in [-0.05, 0) is 24.5 Å². The summed E-state index contributed by atoms with van der Waals surface area (Å²) < 4.78 is 0. The van der Waals surface area contributed by atoms with Crippen LogP contribution in [0.2, 0.25) is 10.0 Å². The minimum absolute atomic E-state index is 0.215. The van der Waals surface area contributed by atoms with Gasteiger partial charge in [-0.1, -0.05) is 37.0 Å². The number of aromatic amines is 1. The molecule has 2 heterocycles. The van der Waals surface area contributed by atoms with Crippen molar-refractivity contribution in [3.63, 3.8) is 0 Å². The smallest absolute Gasteiger partial charge is 0.271 e. The van der Waals surface area contributed by atoms with E-state index in [1.54, 1.807) is 12.1 Å². The summed E-state index contributed by atoms with van der Waals surface area (Å²) >= 11 is 11.8. The molecule has 0 saturated heterocycles. The molecule has 1 amide bonds. The topological polar surface area (TPSA) is 82.7 Å². The lowest BCUT2D eigenvalue weighted by atomic mass is 10.1. The summed E-state index contributed by atoms with van der Waals surface area (Å²) in [7, 11) is 0. The van der Waals surface area contributed by atoms with Crippen LogP contribution < -0.4 is 10.6 Å². The number of rotatable bonds is 7. The highest BCUT2D eigenvalue weighted by molar-refractivity contribution is 6.35. The fraction of sp³-hybridized carbons (Fsp3) is 0.400. The van der Waals surface area contributed by atoms with Crippen molar-refractivity contribution < 1.29 is 4.79 Å². The number of hydrogen-bond acceptors (Lipinski definition) is 4. The van der Waals surface area contributed by atoms with E-state index in [4.69, 9.17) is 23.2 Å². The third kappa shape index (κ3) is 5.41. The number of carbonyl (C=O) groups excluding carboxylic acids is 1. The van der Waals surface area contributed by atoms with E-state index in [9.17, 15) is 4.79 Å². The second-order valence-electron chi connectivity index (χ2n) is 5.54. The highest BCUT2D eigenvalue weighted by atomic mass is 35.5. The third-order valence-electron chi connectivity index (χ3n) is 3.00. The van der Waals surface area contributed by atoms with Crippen molar-refractivity contribution in [2.75, 3.05) is 18.4 Å². The standard InChI is InChI=1S/C15H19Cl2N5O/c1-9(2)5-11-7-13(22-21-11)15(23)19-4-3-18-14-12(17)6-10(16)8-20-14/h6-9H,3-5H2,1-2H3,(H,18,20)(H,19,23)(H,21,22). The molecule has 0 radical (unpaired) electrons. The lowest BCUT2D eigenvalue weighted by molar-refractivity contribution is 0.0950. The number of nitrogens with zero attached hydrogens (tertiary/aromatic N) is 2. The molecule has 124 valence electrons. The maximum absolute atomic E-state index is 12.0. The number of halogens is 2. The molecule has 0 atom stereocenters. The van der Waals surface area contributed by atoms with E-state index in [2.05, 4.69) is 39.7 Å². The van der Waals surface area contributed by atoms with Crippen LogP contribution in [0.25, 0.3) is 0 Å². The average Bonchev–Trinajstić information content (AvgIpc) is 2.93. The Bertz CT molecular complexity index is 672. The molecule has 0 aliphatic rings. The lowest BCUT2D eigenvalue weighted by Crippen LogP contribution is -2.29. The molecule has 0 fully saturated rings. The highest BCUT2D eigenvalue weighted by Crippen LogP contribution is 2.21. The van der Waals surface area contributed by atoms with Gasteiger partial charge < -0.3 is 10.6 Å². The Kier molecular flexibility index (Phi) is 6.24. The van der Waals surface area contributed by atoms with Gasteiger partial charge >= 0.3 is 0 Å². The van der Waals surface area contributed by atoms with Crippen molar-refractivity contribution in [1.82, 2.24) is 20.5 Å². The predicted octanol–water partition coefficient (Wildman–Crippen LogP) is 3.15. The van der Waals surface area contributed by atoms with Gasteiger partial charge in [-0.3, -0.25) is 9.89 Å². The molecule has 23 heavy (non-hydrogen) atoms. The number of carbonyl (C=O) groups is 1. The highest BCUT2D eigenvalue weighted by Gasteiger charge is 2.10. The average molecular weight is 356 g/mol. The van der Waals surface area contributed by atoms with Gasteiger partial charge in [-0.2, -0.15) is 5.10 Å². The van der Waals surface area contributed by atoms with Gasteiger partial charge in [0.1, 0.15) is 11.5 Å². The van der Waals surface area contributed by atoms with E-state index in [1.165, 1.54) is 6.20 Å². The van der Waals surface area contributed by atoms with Gasteiger partial charge in [-0.15, -0.1) is 0 Å². The zero-order valence-electron chi connectivity index (χ0n) is 13.0. The SMILES string of the molecule is CC(C)Cc1cc(C(=O)NCCNc2ncc(Cl)cc2Cl)n[nH]1. The first-order valence-corrected chi connectivity index (χ1v) is 8.08. The summed E-state index contributed by atoms with van der Waals surface area (Å²) in [6.07, 6.45) is 2.37. The van der Waals surface area contributed by atoms with Crippen LogP contribution in [0.3, 0.4) is 0 Å². The largest absolute Gasteiger partial charge is 0.367 e. The third-order valence-corrected chi connectivity index (χ3v) is 3.50. The number of pyridine rings is 1. The van der Waals surface area contributed by atoms with E-state index in [0.29, 0.717) is 40.6 Å². The van der Waals surface area contributed by atoms with E-state index < -0.39 is 0 Å². The van der Waals surface area contributed by atoms with Crippen LogP contribution in [-0.2, 0) is 6.42 Å². The number of H-pyrrole nitrogens is 1. The zero-order valence-corrected chi connectivity index (χ0v) is 14.5. The summed E-state index contributed by atoms with van der Waals surface area (Å²) in [5, 5.41) is 13.6. The molecule has 0 spiro atoms. The van der Waals surface area contributed by atoms with E-state index >= 15 is 0 Å². The first kappa shape index (κ1) is 17.6. The maximum Gasteiger partial charge on any atom is 0.271 e. The normalized spacial score (nSPS) is 10.8. The molecule has 6 nitrogen and oxygen atoms in total. The van der Waals surface area contributed by atoms with Crippen molar-refractivity contribution in [2.45, 2.75) is 20.3 Å². The summed E-state index contributed by atoms with van der Waals surface area (Å²) in [5.41, 5.74) is 1.35. The summed E-state index contributed by atoms with van der Waals surface area (Å²) in [6, 6.07) is 3.39. The van der Waals surface area contributed by atoms with Crippen molar-refractivity contribution in [3.05, 3.63) is 39.8 Å².